The molecule has 0 unspecified atom stereocenters. The summed E-state index contributed by atoms with van der Waals surface area (Å²) >= 11 is 0. The van der Waals surface area contributed by atoms with E-state index in [1.165, 1.54) is 70.2 Å². The molecular formula is C45H49N3O3. The molecule has 5 aromatic carbocycles. The highest BCUT2D eigenvalue weighted by Gasteiger charge is 2.27. The number of amides is 1. The first-order chi connectivity index (χ1) is 24.7. The van der Waals surface area contributed by atoms with Crippen LogP contribution in [0.1, 0.15) is 92.6 Å². The maximum absolute atomic E-state index is 12.1. The molecule has 0 radical (unpaired) electrons. The van der Waals surface area contributed by atoms with E-state index >= 15 is 0 Å². The molecule has 0 bridgehead atoms. The summed E-state index contributed by atoms with van der Waals surface area (Å²) in [5.41, 5.74) is 16.6. The minimum absolute atomic E-state index is 0.361. The molecule has 51 heavy (non-hydrogen) atoms. The minimum atomic E-state index is -0.517. The van der Waals surface area contributed by atoms with E-state index in [4.69, 9.17) is 15.2 Å². The van der Waals surface area contributed by atoms with Crippen molar-refractivity contribution in [1.29, 1.82) is 0 Å². The first kappa shape index (κ1) is 34.5. The van der Waals surface area contributed by atoms with E-state index in [0.717, 1.165) is 26.2 Å². The fourth-order valence-corrected chi connectivity index (χ4v) is 8.06. The quantitative estimate of drug-likeness (QED) is 0.151. The maximum Gasteiger partial charge on any atom is 0.248 e. The minimum Gasteiger partial charge on any atom is -0.453 e. The van der Waals surface area contributed by atoms with Crippen LogP contribution in [0.25, 0.3) is 0 Å². The number of nitrogens with zero attached hydrogens (tertiary/aromatic N) is 2. The standard InChI is InChI=1S/C45H49N3O3/c1-30-21-31(2)24-37(23-30)41-7-5-19-47(41)28-34-9-14-39(15-10-34)50-43-18-13-36(45(46)49)27-44(43)51-40-16-11-35(12-17-40)29-48-20-6-8-42(48)38-25-32(3)22-33(4)26-38/h9-18,21-27,41-42H,5-8,19-20,28-29H2,1-4H3,(H2,46,49)/t41-,42-/m0/s1. The fourth-order valence-electron chi connectivity index (χ4n) is 8.06. The van der Waals surface area contributed by atoms with Crippen LogP contribution in [0.15, 0.2) is 103 Å². The summed E-state index contributed by atoms with van der Waals surface area (Å²) in [5, 5.41) is 0. The van der Waals surface area contributed by atoms with Crippen LogP contribution in [0.2, 0.25) is 0 Å². The number of hydrogen-bond donors (Lipinski definition) is 1. The Balaban J connectivity index is 1.02. The second kappa shape index (κ2) is 15.1. The molecule has 2 aliphatic heterocycles. The van der Waals surface area contributed by atoms with Crippen LogP contribution in [0, 0.1) is 27.7 Å². The number of hydrogen-bond acceptors (Lipinski definition) is 5. The number of likely N-dealkylation sites (tertiary alicyclic amines) is 2. The Labute approximate surface area is 302 Å². The van der Waals surface area contributed by atoms with Crippen LogP contribution < -0.4 is 15.2 Å². The molecule has 0 aromatic heterocycles. The van der Waals surface area contributed by atoms with E-state index in [2.05, 4.69) is 98.2 Å². The van der Waals surface area contributed by atoms with E-state index in [-0.39, 0.29) is 0 Å². The lowest BCUT2D eigenvalue weighted by atomic mass is 9.99. The van der Waals surface area contributed by atoms with Gasteiger partial charge in [-0.05, 0) is 131 Å². The first-order valence-corrected chi connectivity index (χ1v) is 18.3. The Morgan fingerprint density at radius 3 is 1.45 bits per heavy atom. The SMILES string of the molecule is Cc1cc(C)cc([C@@H]2CCCN2Cc2ccc(Oc3ccc(C(N)=O)cc3Oc3ccc(CN4CCC[C@H]4c4cc(C)cc(C)c4)cc3)cc2)c1. The Bertz CT molecular complexity index is 1960. The molecule has 2 saturated heterocycles. The van der Waals surface area contributed by atoms with Crippen molar-refractivity contribution in [2.45, 2.75) is 78.6 Å². The Morgan fingerprint density at radius 1 is 0.588 bits per heavy atom. The summed E-state index contributed by atoms with van der Waals surface area (Å²) in [6.45, 7) is 12.7. The van der Waals surface area contributed by atoms with Crippen LogP contribution in [0.3, 0.4) is 0 Å². The highest BCUT2D eigenvalue weighted by molar-refractivity contribution is 5.93. The number of ether oxygens (including phenoxy) is 2. The smallest absolute Gasteiger partial charge is 0.248 e. The van der Waals surface area contributed by atoms with Crippen molar-refractivity contribution >= 4 is 5.91 Å². The fraction of sp³-hybridized carbons (Fsp3) is 0.311. The third-order valence-corrected chi connectivity index (χ3v) is 10.3. The number of carbonyl (C=O) groups excluding carboxylic acids is 1. The molecule has 6 nitrogen and oxygen atoms in total. The topological polar surface area (TPSA) is 68.0 Å². The van der Waals surface area contributed by atoms with Crippen LogP contribution in [0.5, 0.6) is 23.0 Å². The molecule has 6 heteroatoms. The molecule has 2 heterocycles. The van der Waals surface area contributed by atoms with Crippen molar-refractivity contribution in [1.82, 2.24) is 9.80 Å². The number of nitrogens with two attached hydrogens (primary N) is 1. The van der Waals surface area contributed by atoms with Gasteiger partial charge < -0.3 is 15.2 Å². The summed E-state index contributed by atoms with van der Waals surface area (Å²) in [6.07, 6.45) is 4.77. The van der Waals surface area contributed by atoms with Gasteiger partial charge in [0.05, 0.1) is 0 Å². The molecule has 2 aliphatic rings. The summed E-state index contributed by atoms with van der Waals surface area (Å²) in [5.74, 6) is 1.79. The van der Waals surface area contributed by atoms with Gasteiger partial charge in [-0.2, -0.15) is 0 Å². The third-order valence-electron chi connectivity index (χ3n) is 10.3. The Kier molecular flexibility index (Phi) is 10.3. The monoisotopic (exact) mass is 679 g/mol. The van der Waals surface area contributed by atoms with Gasteiger partial charge in [0.2, 0.25) is 5.91 Å². The van der Waals surface area contributed by atoms with Crippen molar-refractivity contribution in [3.8, 4) is 23.0 Å². The van der Waals surface area contributed by atoms with Gasteiger partial charge in [0, 0.05) is 30.7 Å². The second-order valence-electron chi connectivity index (χ2n) is 14.6. The van der Waals surface area contributed by atoms with Crippen molar-refractivity contribution in [3.05, 3.63) is 153 Å². The molecule has 262 valence electrons. The van der Waals surface area contributed by atoms with E-state index in [0.29, 0.717) is 40.6 Å². The maximum atomic E-state index is 12.1. The lowest BCUT2D eigenvalue weighted by molar-refractivity contribution is 0.1000. The Hall–Kier alpha value is -4.91. The molecular weight excluding hydrogens is 631 g/mol. The zero-order valence-electron chi connectivity index (χ0n) is 30.3. The highest BCUT2D eigenvalue weighted by Crippen LogP contribution is 2.38. The zero-order valence-corrected chi connectivity index (χ0v) is 30.3. The average molecular weight is 680 g/mol. The summed E-state index contributed by atoms with van der Waals surface area (Å²) in [4.78, 5) is 17.3. The van der Waals surface area contributed by atoms with Crippen LogP contribution >= 0.6 is 0 Å². The van der Waals surface area contributed by atoms with Crippen LogP contribution in [-0.2, 0) is 13.1 Å². The van der Waals surface area contributed by atoms with E-state index in [1.54, 1.807) is 18.2 Å². The predicted octanol–water partition coefficient (Wildman–Crippen LogP) is 10.3. The van der Waals surface area contributed by atoms with E-state index < -0.39 is 5.91 Å². The van der Waals surface area contributed by atoms with Crippen LogP contribution in [-0.4, -0.2) is 28.8 Å². The lowest BCUT2D eigenvalue weighted by Crippen LogP contribution is -2.22. The second-order valence-corrected chi connectivity index (χ2v) is 14.6. The molecule has 2 atom stereocenters. The molecule has 0 aliphatic carbocycles. The Morgan fingerprint density at radius 2 is 1.02 bits per heavy atom. The number of carbonyl (C=O) groups is 1. The molecule has 1 amide bonds. The highest BCUT2D eigenvalue weighted by atomic mass is 16.5. The van der Waals surface area contributed by atoms with Crippen LogP contribution in [0.4, 0.5) is 0 Å². The van der Waals surface area contributed by atoms with Gasteiger partial charge in [0.25, 0.3) is 0 Å². The average Bonchev–Trinajstić information content (AvgIpc) is 3.76. The van der Waals surface area contributed by atoms with Crippen molar-refractivity contribution in [2.24, 2.45) is 5.73 Å². The first-order valence-electron chi connectivity index (χ1n) is 18.3. The van der Waals surface area contributed by atoms with E-state index in [1.807, 2.05) is 24.3 Å². The van der Waals surface area contributed by atoms with Gasteiger partial charge in [-0.1, -0.05) is 82.9 Å². The van der Waals surface area contributed by atoms with Gasteiger partial charge >= 0.3 is 0 Å². The van der Waals surface area contributed by atoms with Crippen molar-refractivity contribution in [2.75, 3.05) is 13.1 Å². The van der Waals surface area contributed by atoms with Gasteiger partial charge in [-0.3, -0.25) is 14.6 Å². The third kappa shape index (κ3) is 8.36. The number of benzene rings is 5. The lowest BCUT2D eigenvalue weighted by Gasteiger charge is -2.26. The molecule has 0 saturated carbocycles. The number of aryl methyl sites for hydroxylation is 4. The molecule has 2 N–H and O–H groups in total. The van der Waals surface area contributed by atoms with Gasteiger partial charge in [-0.15, -0.1) is 0 Å². The zero-order chi connectivity index (χ0) is 35.5. The van der Waals surface area contributed by atoms with Gasteiger partial charge in [0.15, 0.2) is 11.5 Å². The summed E-state index contributed by atoms with van der Waals surface area (Å²) in [6, 6.07) is 36.2. The molecule has 7 rings (SSSR count). The largest absolute Gasteiger partial charge is 0.453 e. The predicted molar refractivity (Wildman–Crippen MR) is 205 cm³/mol. The van der Waals surface area contributed by atoms with Crippen molar-refractivity contribution in [3.63, 3.8) is 0 Å². The summed E-state index contributed by atoms with van der Waals surface area (Å²) < 4.78 is 12.7. The molecule has 0 spiro atoms. The molecule has 5 aromatic rings. The number of primary amides is 1. The van der Waals surface area contributed by atoms with Gasteiger partial charge in [-0.25, -0.2) is 0 Å². The molecule has 2 fully saturated rings. The normalized spacial score (nSPS) is 17.9. The van der Waals surface area contributed by atoms with E-state index in [9.17, 15) is 4.79 Å². The van der Waals surface area contributed by atoms with Crippen molar-refractivity contribution < 1.29 is 14.3 Å². The number of rotatable bonds is 11. The van der Waals surface area contributed by atoms with Gasteiger partial charge in [0.1, 0.15) is 11.5 Å². The summed E-state index contributed by atoms with van der Waals surface area (Å²) in [7, 11) is 0.